The first-order valence-electron chi connectivity index (χ1n) is 5.95. The summed E-state index contributed by atoms with van der Waals surface area (Å²) < 4.78 is 0. The molecule has 0 aliphatic rings. The highest BCUT2D eigenvalue weighted by Crippen LogP contribution is 2.09. The number of nitrogens with one attached hydrogen (secondary N) is 2. The van der Waals surface area contributed by atoms with Gasteiger partial charge in [-0.1, -0.05) is 30.7 Å². The molecule has 0 heterocycles. The van der Waals surface area contributed by atoms with Gasteiger partial charge in [0.25, 0.3) is 0 Å². The normalized spacial score (nSPS) is 11.7. The smallest absolute Gasteiger partial charge is 0.315 e. The average Bonchev–Trinajstić information content (AvgIpc) is 2.35. The van der Waals surface area contributed by atoms with Crippen molar-refractivity contribution in [3.8, 4) is 0 Å². The summed E-state index contributed by atoms with van der Waals surface area (Å²) in [5.41, 5.74) is 0.943. The van der Waals surface area contributed by atoms with E-state index in [0.29, 0.717) is 18.1 Å². The molecule has 0 aliphatic heterocycles. The highest BCUT2D eigenvalue weighted by Gasteiger charge is 2.08. The van der Waals surface area contributed by atoms with E-state index < -0.39 is 5.97 Å². The largest absolute Gasteiger partial charge is 0.481 e. The maximum atomic E-state index is 11.5. The summed E-state index contributed by atoms with van der Waals surface area (Å²) in [6, 6.07) is 6.86. The number of carbonyl (C=O) groups excluding carboxylic acids is 1. The van der Waals surface area contributed by atoms with Gasteiger partial charge in [0.1, 0.15) is 0 Å². The molecule has 0 aromatic heterocycles. The average molecular weight is 285 g/mol. The van der Waals surface area contributed by atoms with Crippen LogP contribution in [-0.2, 0) is 11.3 Å². The lowest BCUT2D eigenvalue weighted by molar-refractivity contribution is -0.137. The van der Waals surface area contributed by atoms with Crippen molar-refractivity contribution < 1.29 is 14.7 Å². The molecule has 2 amide bonds. The van der Waals surface area contributed by atoms with Crippen LogP contribution < -0.4 is 10.6 Å². The molecule has 1 aromatic rings. The van der Waals surface area contributed by atoms with Crippen molar-refractivity contribution in [3.05, 3.63) is 34.9 Å². The Hall–Kier alpha value is -1.75. The van der Waals surface area contributed by atoms with E-state index in [-0.39, 0.29) is 18.4 Å². The number of urea groups is 1. The van der Waals surface area contributed by atoms with Crippen LogP contribution in [0, 0.1) is 5.92 Å². The molecule has 5 nitrogen and oxygen atoms in total. The van der Waals surface area contributed by atoms with Gasteiger partial charge in [0.2, 0.25) is 0 Å². The number of rotatable bonds is 6. The summed E-state index contributed by atoms with van der Waals surface area (Å²) in [6.07, 6.45) is 0.0392. The number of benzene rings is 1. The first-order chi connectivity index (χ1) is 8.97. The fourth-order valence-electron chi connectivity index (χ4n) is 1.48. The van der Waals surface area contributed by atoms with E-state index in [1.165, 1.54) is 0 Å². The Balaban J connectivity index is 2.24. The van der Waals surface area contributed by atoms with Crippen molar-refractivity contribution in [1.29, 1.82) is 0 Å². The van der Waals surface area contributed by atoms with Crippen molar-refractivity contribution in [3.63, 3.8) is 0 Å². The zero-order chi connectivity index (χ0) is 14.3. The quantitative estimate of drug-likeness (QED) is 0.750. The summed E-state index contributed by atoms with van der Waals surface area (Å²) in [5, 5.41) is 14.5. The van der Waals surface area contributed by atoms with Crippen LogP contribution in [0.25, 0.3) is 0 Å². The third-order valence-corrected chi connectivity index (χ3v) is 2.75. The second-order valence-electron chi connectivity index (χ2n) is 4.39. The number of aliphatic carboxylic acids is 1. The zero-order valence-corrected chi connectivity index (χ0v) is 11.4. The number of amides is 2. The van der Waals surface area contributed by atoms with Crippen LogP contribution in [0.3, 0.4) is 0 Å². The van der Waals surface area contributed by atoms with Crippen LogP contribution >= 0.6 is 11.6 Å². The molecule has 1 rings (SSSR count). The highest BCUT2D eigenvalue weighted by molar-refractivity contribution is 6.30. The first kappa shape index (κ1) is 15.3. The van der Waals surface area contributed by atoms with Crippen molar-refractivity contribution in [2.45, 2.75) is 19.9 Å². The Bertz CT molecular complexity index is 434. The Labute approximate surface area is 117 Å². The minimum absolute atomic E-state index is 0.0392. The molecule has 6 heteroatoms. The van der Waals surface area contributed by atoms with E-state index >= 15 is 0 Å². The standard InChI is InChI=1S/C13H17ClN2O3/c1-9(6-12(17)18)7-15-13(19)16-8-10-2-4-11(14)5-3-10/h2-5,9H,6-8H2,1H3,(H,17,18)(H2,15,16,19). The van der Waals surface area contributed by atoms with Gasteiger partial charge < -0.3 is 15.7 Å². The molecule has 1 unspecified atom stereocenters. The summed E-state index contributed by atoms with van der Waals surface area (Å²) in [5.74, 6) is -0.963. The van der Waals surface area contributed by atoms with Gasteiger partial charge in [-0.05, 0) is 23.6 Å². The van der Waals surface area contributed by atoms with Gasteiger partial charge in [-0.15, -0.1) is 0 Å². The predicted octanol–water partition coefficient (Wildman–Crippen LogP) is 2.25. The van der Waals surface area contributed by atoms with Gasteiger partial charge >= 0.3 is 12.0 Å². The van der Waals surface area contributed by atoms with Crippen LogP contribution in [0.2, 0.25) is 5.02 Å². The topological polar surface area (TPSA) is 78.4 Å². The van der Waals surface area contributed by atoms with Gasteiger partial charge in [-0.2, -0.15) is 0 Å². The Morgan fingerprint density at radius 3 is 2.47 bits per heavy atom. The summed E-state index contributed by atoms with van der Waals surface area (Å²) in [7, 11) is 0. The van der Waals surface area contributed by atoms with Crippen LogP contribution in [0.5, 0.6) is 0 Å². The van der Waals surface area contributed by atoms with Crippen LogP contribution in [0.4, 0.5) is 4.79 Å². The Morgan fingerprint density at radius 1 is 1.26 bits per heavy atom. The molecule has 0 saturated carbocycles. The SMILES string of the molecule is CC(CNC(=O)NCc1ccc(Cl)cc1)CC(=O)O. The number of carboxylic acids is 1. The van der Waals surface area contributed by atoms with E-state index in [1.807, 2.05) is 12.1 Å². The Morgan fingerprint density at radius 2 is 1.89 bits per heavy atom. The predicted molar refractivity (Wildman–Crippen MR) is 73.1 cm³/mol. The van der Waals surface area contributed by atoms with Crippen molar-refractivity contribution in [2.24, 2.45) is 5.92 Å². The van der Waals surface area contributed by atoms with Crippen molar-refractivity contribution in [2.75, 3.05) is 6.54 Å². The van der Waals surface area contributed by atoms with Gasteiger partial charge in [0, 0.05) is 24.5 Å². The van der Waals surface area contributed by atoms with E-state index in [1.54, 1.807) is 19.1 Å². The number of hydrogen-bond donors (Lipinski definition) is 3. The van der Waals surface area contributed by atoms with E-state index in [0.717, 1.165) is 5.56 Å². The van der Waals surface area contributed by atoms with Gasteiger partial charge in [0.05, 0.1) is 0 Å². The monoisotopic (exact) mass is 284 g/mol. The number of hydrogen-bond acceptors (Lipinski definition) is 2. The minimum atomic E-state index is -0.865. The first-order valence-corrected chi connectivity index (χ1v) is 6.33. The van der Waals surface area contributed by atoms with Crippen molar-refractivity contribution >= 4 is 23.6 Å². The molecule has 0 spiro atoms. The van der Waals surface area contributed by atoms with Crippen LogP contribution in [0.15, 0.2) is 24.3 Å². The van der Waals surface area contributed by atoms with Crippen LogP contribution in [-0.4, -0.2) is 23.7 Å². The summed E-state index contributed by atoms with van der Waals surface area (Å²) in [6.45, 7) is 2.50. The molecular formula is C13H17ClN2O3. The molecule has 0 saturated heterocycles. The van der Waals surface area contributed by atoms with Gasteiger partial charge in [0.15, 0.2) is 0 Å². The van der Waals surface area contributed by atoms with E-state index in [2.05, 4.69) is 10.6 Å². The second kappa shape index (κ2) is 7.63. The number of carboxylic acid groups (broad SMARTS) is 1. The van der Waals surface area contributed by atoms with Gasteiger partial charge in [-0.3, -0.25) is 4.79 Å². The summed E-state index contributed by atoms with van der Waals surface area (Å²) in [4.78, 5) is 21.9. The maximum absolute atomic E-state index is 11.5. The lowest BCUT2D eigenvalue weighted by atomic mass is 10.1. The molecule has 0 bridgehead atoms. The lowest BCUT2D eigenvalue weighted by Crippen LogP contribution is -2.37. The molecule has 3 N–H and O–H groups in total. The maximum Gasteiger partial charge on any atom is 0.315 e. The number of halogens is 1. The molecule has 0 fully saturated rings. The fraction of sp³-hybridized carbons (Fsp3) is 0.385. The number of carbonyl (C=O) groups is 2. The third-order valence-electron chi connectivity index (χ3n) is 2.50. The lowest BCUT2D eigenvalue weighted by Gasteiger charge is -2.11. The molecule has 0 aliphatic carbocycles. The Kier molecular flexibility index (Phi) is 6.15. The van der Waals surface area contributed by atoms with Gasteiger partial charge in [-0.25, -0.2) is 4.79 Å². The fourth-order valence-corrected chi connectivity index (χ4v) is 1.61. The van der Waals surface area contributed by atoms with Crippen LogP contribution in [0.1, 0.15) is 18.9 Å². The molecule has 0 radical (unpaired) electrons. The third kappa shape index (κ3) is 6.67. The molecular weight excluding hydrogens is 268 g/mol. The molecule has 19 heavy (non-hydrogen) atoms. The van der Waals surface area contributed by atoms with E-state index in [4.69, 9.17) is 16.7 Å². The highest BCUT2D eigenvalue weighted by atomic mass is 35.5. The van der Waals surface area contributed by atoms with Crippen molar-refractivity contribution in [1.82, 2.24) is 10.6 Å². The molecule has 1 aromatic carbocycles. The molecule has 104 valence electrons. The zero-order valence-electron chi connectivity index (χ0n) is 10.6. The second-order valence-corrected chi connectivity index (χ2v) is 4.83. The molecule has 1 atom stereocenters. The summed E-state index contributed by atoms with van der Waals surface area (Å²) >= 11 is 5.75. The van der Waals surface area contributed by atoms with E-state index in [9.17, 15) is 9.59 Å². The minimum Gasteiger partial charge on any atom is -0.481 e.